The molecule has 0 radical (unpaired) electrons. The Kier molecular flexibility index (Phi) is 5.58. The Morgan fingerprint density at radius 3 is 2.61 bits per heavy atom. The number of ether oxygens (including phenoxy) is 1. The zero-order valence-corrected chi connectivity index (χ0v) is 16.4. The van der Waals surface area contributed by atoms with E-state index in [1.54, 1.807) is 31.2 Å². The predicted molar refractivity (Wildman–Crippen MR) is 108 cm³/mol. The van der Waals surface area contributed by atoms with E-state index >= 15 is 0 Å². The minimum atomic E-state index is -1.15. The van der Waals surface area contributed by atoms with Crippen LogP contribution in [0.5, 0.6) is 5.75 Å². The molecule has 0 saturated heterocycles. The number of aromatic nitrogens is 2. The number of aromatic amines is 1. The largest absolute Gasteiger partial charge is 0.495 e. The first-order valence-corrected chi connectivity index (χ1v) is 8.80. The van der Waals surface area contributed by atoms with Gasteiger partial charge in [0, 0.05) is 18.0 Å². The summed E-state index contributed by atoms with van der Waals surface area (Å²) in [5, 5.41) is 12.7. The molecule has 9 heteroatoms. The van der Waals surface area contributed by atoms with E-state index in [-0.39, 0.29) is 16.1 Å². The number of hydrogen-bond donors (Lipinski definition) is 2. The van der Waals surface area contributed by atoms with Gasteiger partial charge in [0.15, 0.2) is 0 Å². The summed E-state index contributed by atoms with van der Waals surface area (Å²) in [6.07, 6.45) is 1.38. The molecule has 0 bridgehead atoms. The fourth-order valence-corrected chi connectivity index (χ4v) is 2.97. The van der Waals surface area contributed by atoms with Gasteiger partial charge < -0.3 is 9.84 Å². The number of hydrogen-bond acceptors (Lipinski definition) is 4. The number of aliphatic imine (C=N–C) groups is 1. The van der Waals surface area contributed by atoms with Crippen molar-refractivity contribution in [2.45, 2.75) is 6.92 Å². The van der Waals surface area contributed by atoms with Crippen molar-refractivity contribution in [2.24, 2.45) is 4.99 Å². The van der Waals surface area contributed by atoms with Crippen LogP contribution in [0.4, 0.5) is 5.69 Å². The van der Waals surface area contributed by atoms with Gasteiger partial charge in [0.1, 0.15) is 5.75 Å². The molecule has 0 amide bonds. The standard InChI is InChI=1S/C19H15Cl2N3O4/c1-10-14(9-22-11-3-5-15(20)13(7-11)19(26)27)18(25)24(23-10)12-4-6-16(21)17(8-12)28-2/h3-9,23H,1-2H3,(H,26,27). The molecule has 2 aromatic carbocycles. The molecule has 0 saturated carbocycles. The molecule has 2 N–H and O–H groups in total. The third kappa shape index (κ3) is 3.81. The first-order chi connectivity index (χ1) is 13.3. The van der Waals surface area contributed by atoms with E-state index < -0.39 is 5.97 Å². The van der Waals surface area contributed by atoms with Crippen LogP contribution < -0.4 is 10.3 Å². The molecule has 0 aliphatic rings. The molecule has 0 spiro atoms. The molecular formula is C19H15Cl2N3O4. The number of benzene rings is 2. The monoisotopic (exact) mass is 419 g/mol. The maximum atomic E-state index is 12.8. The van der Waals surface area contributed by atoms with Crippen LogP contribution in [0.2, 0.25) is 10.0 Å². The number of H-pyrrole nitrogens is 1. The van der Waals surface area contributed by atoms with Gasteiger partial charge in [-0.25, -0.2) is 9.48 Å². The van der Waals surface area contributed by atoms with Crippen LogP contribution >= 0.6 is 23.2 Å². The van der Waals surface area contributed by atoms with Crippen LogP contribution in [0.25, 0.3) is 5.69 Å². The van der Waals surface area contributed by atoms with Crippen molar-refractivity contribution in [3.63, 3.8) is 0 Å². The number of aromatic carboxylic acids is 1. The van der Waals surface area contributed by atoms with Crippen LogP contribution in [-0.2, 0) is 0 Å². The summed E-state index contributed by atoms with van der Waals surface area (Å²) in [6, 6.07) is 9.30. The van der Waals surface area contributed by atoms with E-state index in [1.807, 2.05) is 0 Å². The lowest BCUT2D eigenvalue weighted by molar-refractivity contribution is 0.0697. The summed E-state index contributed by atoms with van der Waals surface area (Å²) >= 11 is 11.9. The number of aryl methyl sites for hydroxylation is 1. The topological polar surface area (TPSA) is 96.7 Å². The molecule has 28 heavy (non-hydrogen) atoms. The molecule has 0 aliphatic heterocycles. The highest BCUT2D eigenvalue weighted by Crippen LogP contribution is 2.26. The van der Waals surface area contributed by atoms with Gasteiger partial charge in [-0.3, -0.25) is 14.9 Å². The molecular weight excluding hydrogens is 405 g/mol. The van der Waals surface area contributed by atoms with Crippen molar-refractivity contribution >= 4 is 41.1 Å². The highest BCUT2D eigenvalue weighted by atomic mass is 35.5. The maximum Gasteiger partial charge on any atom is 0.337 e. The van der Waals surface area contributed by atoms with E-state index in [2.05, 4.69) is 10.1 Å². The van der Waals surface area contributed by atoms with E-state index in [9.17, 15) is 9.59 Å². The summed E-state index contributed by atoms with van der Waals surface area (Å²) in [7, 11) is 1.49. The second kappa shape index (κ2) is 7.92. The summed E-state index contributed by atoms with van der Waals surface area (Å²) in [6.45, 7) is 1.73. The Balaban J connectivity index is 1.99. The van der Waals surface area contributed by atoms with Gasteiger partial charge in [-0.15, -0.1) is 0 Å². The van der Waals surface area contributed by atoms with Gasteiger partial charge in [0.25, 0.3) is 5.56 Å². The van der Waals surface area contributed by atoms with Gasteiger partial charge >= 0.3 is 5.97 Å². The van der Waals surface area contributed by atoms with Crippen molar-refractivity contribution in [2.75, 3.05) is 7.11 Å². The molecule has 3 rings (SSSR count). The van der Waals surface area contributed by atoms with Crippen molar-refractivity contribution in [3.8, 4) is 11.4 Å². The summed E-state index contributed by atoms with van der Waals surface area (Å²) in [5.41, 5.74) is 1.46. The fourth-order valence-electron chi connectivity index (χ4n) is 2.58. The Morgan fingerprint density at radius 1 is 1.21 bits per heavy atom. The maximum absolute atomic E-state index is 12.8. The summed E-state index contributed by atoms with van der Waals surface area (Å²) in [4.78, 5) is 28.2. The lowest BCUT2D eigenvalue weighted by Crippen LogP contribution is -2.17. The molecule has 7 nitrogen and oxygen atoms in total. The van der Waals surface area contributed by atoms with E-state index in [0.717, 1.165) is 0 Å². The number of nitrogens with one attached hydrogen (secondary N) is 1. The van der Waals surface area contributed by atoms with E-state index in [4.69, 9.17) is 33.0 Å². The van der Waals surface area contributed by atoms with E-state index in [1.165, 1.54) is 30.1 Å². The Morgan fingerprint density at radius 2 is 1.93 bits per heavy atom. The molecule has 0 aliphatic carbocycles. The molecule has 1 aromatic heterocycles. The summed E-state index contributed by atoms with van der Waals surface area (Å²) < 4.78 is 6.53. The lowest BCUT2D eigenvalue weighted by Gasteiger charge is -2.06. The zero-order valence-electron chi connectivity index (χ0n) is 14.9. The molecule has 144 valence electrons. The van der Waals surface area contributed by atoms with Crippen molar-refractivity contribution in [1.82, 2.24) is 9.78 Å². The quantitative estimate of drug-likeness (QED) is 0.604. The lowest BCUT2D eigenvalue weighted by atomic mass is 10.2. The highest BCUT2D eigenvalue weighted by Gasteiger charge is 2.13. The number of rotatable bonds is 5. The Hall–Kier alpha value is -3.03. The molecule has 0 fully saturated rings. The summed E-state index contributed by atoms with van der Waals surface area (Å²) in [5.74, 6) is -0.713. The Labute approximate surface area is 169 Å². The van der Waals surface area contributed by atoms with Crippen LogP contribution in [0.3, 0.4) is 0 Å². The first kappa shape index (κ1) is 19.7. The highest BCUT2D eigenvalue weighted by molar-refractivity contribution is 6.33. The van der Waals surface area contributed by atoms with Crippen molar-refractivity contribution in [3.05, 3.63) is 73.6 Å². The number of carboxylic acids is 1. The van der Waals surface area contributed by atoms with Gasteiger partial charge in [0.2, 0.25) is 0 Å². The third-order valence-corrected chi connectivity index (χ3v) is 4.67. The number of carbonyl (C=O) groups is 1. The van der Waals surface area contributed by atoms with Crippen molar-refractivity contribution < 1.29 is 14.6 Å². The van der Waals surface area contributed by atoms with Gasteiger partial charge in [0.05, 0.1) is 39.7 Å². The molecule has 0 unspecified atom stereocenters. The Bertz CT molecular complexity index is 1150. The van der Waals surface area contributed by atoms with Gasteiger partial charge in [-0.05, 0) is 37.3 Å². The number of halogens is 2. The van der Waals surface area contributed by atoms with Gasteiger partial charge in [-0.1, -0.05) is 23.2 Å². The van der Waals surface area contributed by atoms with Crippen LogP contribution in [0.1, 0.15) is 21.6 Å². The normalized spacial score (nSPS) is 11.1. The minimum absolute atomic E-state index is 0.0622. The average molecular weight is 420 g/mol. The van der Waals surface area contributed by atoms with Crippen molar-refractivity contribution in [1.29, 1.82) is 0 Å². The zero-order chi connectivity index (χ0) is 20.4. The smallest absolute Gasteiger partial charge is 0.337 e. The molecule has 3 aromatic rings. The van der Waals surface area contributed by atoms with E-state index in [0.29, 0.717) is 33.4 Å². The number of carboxylic acid groups (broad SMARTS) is 1. The second-order valence-electron chi connectivity index (χ2n) is 5.84. The van der Waals surface area contributed by atoms with Crippen LogP contribution in [-0.4, -0.2) is 34.2 Å². The van der Waals surface area contributed by atoms with Crippen LogP contribution in [0.15, 0.2) is 46.2 Å². The third-order valence-electron chi connectivity index (χ3n) is 4.03. The predicted octanol–water partition coefficient (Wildman–Crippen LogP) is 4.24. The molecule has 1 heterocycles. The SMILES string of the molecule is COc1cc(-n2[nH]c(C)c(C=Nc3ccc(Cl)c(C(=O)O)c3)c2=O)ccc1Cl. The average Bonchev–Trinajstić information content (AvgIpc) is 2.95. The van der Waals surface area contributed by atoms with Gasteiger partial charge in [-0.2, -0.15) is 0 Å². The minimum Gasteiger partial charge on any atom is -0.495 e. The second-order valence-corrected chi connectivity index (χ2v) is 6.65. The number of nitrogens with zero attached hydrogens (tertiary/aromatic N) is 2. The number of methoxy groups -OCH3 is 1. The molecule has 0 atom stereocenters. The first-order valence-electron chi connectivity index (χ1n) is 8.04. The van der Waals surface area contributed by atoms with Crippen LogP contribution in [0, 0.1) is 6.92 Å². The fraction of sp³-hybridized carbons (Fsp3) is 0.105.